The summed E-state index contributed by atoms with van der Waals surface area (Å²) in [5.41, 5.74) is 5.49. The number of hydrogen-bond acceptors (Lipinski definition) is 3. The fourth-order valence-corrected chi connectivity index (χ4v) is 1.34. The highest BCUT2D eigenvalue weighted by molar-refractivity contribution is 4.73. The van der Waals surface area contributed by atoms with E-state index in [2.05, 4.69) is 26.1 Å². The van der Waals surface area contributed by atoms with Gasteiger partial charge in [0.25, 0.3) is 0 Å². The largest absolute Gasteiger partial charge is 0.383 e. The summed E-state index contributed by atoms with van der Waals surface area (Å²) in [6, 6.07) is 0.980. The molecule has 0 aliphatic rings. The molecule has 0 saturated heterocycles. The van der Waals surface area contributed by atoms with E-state index in [0.717, 1.165) is 26.0 Å². The lowest BCUT2D eigenvalue weighted by Crippen LogP contribution is -2.42. The summed E-state index contributed by atoms with van der Waals surface area (Å²) in [4.78, 5) is 0. The Morgan fingerprint density at radius 1 is 1.29 bits per heavy atom. The van der Waals surface area contributed by atoms with Crippen LogP contribution in [0.25, 0.3) is 0 Å². The third-order valence-corrected chi connectivity index (χ3v) is 2.62. The lowest BCUT2D eigenvalue weighted by Gasteiger charge is -2.25. The summed E-state index contributed by atoms with van der Waals surface area (Å²) in [6.07, 6.45) is 2.16. The quantitative estimate of drug-likeness (QED) is 0.625. The third kappa shape index (κ3) is 6.35. The second kappa shape index (κ2) is 8.21. The van der Waals surface area contributed by atoms with Crippen molar-refractivity contribution in [1.82, 2.24) is 5.32 Å². The Kier molecular flexibility index (Phi) is 8.14. The van der Waals surface area contributed by atoms with E-state index in [1.54, 1.807) is 7.11 Å². The number of ether oxygens (including phenoxy) is 1. The molecule has 0 aromatic heterocycles. The number of rotatable bonds is 8. The molecule has 3 N–H and O–H groups in total. The van der Waals surface area contributed by atoms with Crippen LogP contribution >= 0.6 is 0 Å². The SMILES string of the molecule is COCC(CCCN)NC(C)C(C)C. The molecule has 0 heterocycles. The van der Waals surface area contributed by atoms with Crippen molar-refractivity contribution >= 4 is 0 Å². The zero-order chi connectivity index (χ0) is 11.0. The number of methoxy groups -OCH3 is 1. The highest BCUT2D eigenvalue weighted by atomic mass is 16.5. The highest BCUT2D eigenvalue weighted by Crippen LogP contribution is 2.04. The predicted molar refractivity (Wildman–Crippen MR) is 61.4 cm³/mol. The summed E-state index contributed by atoms with van der Waals surface area (Å²) in [7, 11) is 1.75. The molecule has 86 valence electrons. The van der Waals surface area contributed by atoms with E-state index < -0.39 is 0 Å². The zero-order valence-corrected chi connectivity index (χ0v) is 10.0. The smallest absolute Gasteiger partial charge is 0.0615 e. The fourth-order valence-electron chi connectivity index (χ4n) is 1.34. The van der Waals surface area contributed by atoms with Crippen molar-refractivity contribution in [3.63, 3.8) is 0 Å². The van der Waals surface area contributed by atoms with Gasteiger partial charge in [-0.25, -0.2) is 0 Å². The van der Waals surface area contributed by atoms with Crippen LogP contribution in [0, 0.1) is 5.92 Å². The summed E-state index contributed by atoms with van der Waals surface area (Å²) >= 11 is 0. The van der Waals surface area contributed by atoms with Gasteiger partial charge in [0.2, 0.25) is 0 Å². The second-order valence-electron chi connectivity index (χ2n) is 4.28. The maximum absolute atomic E-state index is 5.49. The molecule has 0 spiro atoms. The molecule has 0 aliphatic heterocycles. The van der Waals surface area contributed by atoms with Gasteiger partial charge in [-0.3, -0.25) is 0 Å². The molecule has 3 nitrogen and oxygen atoms in total. The van der Waals surface area contributed by atoms with E-state index in [1.807, 2.05) is 0 Å². The molecule has 0 aromatic rings. The van der Waals surface area contributed by atoms with Gasteiger partial charge in [-0.1, -0.05) is 13.8 Å². The highest BCUT2D eigenvalue weighted by Gasteiger charge is 2.13. The van der Waals surface area contributed by atoms with Gasteiger partial charge in [-0.15, -0.1) is 0 Å². The molecule has 3 heteroatoms. The summed E-state index contributed by atoms with van der Waals surface area (Å²) < 4.78 is 5.18. The van der Waals surface area contributed by atoms with Gasteiger partial charge in [0.1, 0.15) is 0 Å². The van der Waals surface area contributed by atoms with Crippen LogP contribution in [0.15, 0.2) is 0 Å². The third-order valence-electron chi connectivity index (χ3n) is 2.62. The number of nitrogens with one attached hydrogen (secondary N) is 1. The molecule has 0 fully saturated rings. The van der Waals surface area contributed by atoms with Crippen LogP contribution in [0.2, 0.25) is 0 Å². The Balaban J connectivity index is 3.81. The molecule has 0 saturated carbocycles. The Bertz CT molecular complexity index is 128. The maximum atomic E-state index is 5.49. The molecule has 0 bridgehead atoms. The molecule has 2 unspecified atom stereocenters. The van der Waals surface area contributed by atoms with Crippen molar-refractivity contribution in [2.75, 3.05) is 20.3 Å². The van der Waals surface area contributed by atoms with E-state index in [-0.39, 0.29) is 0 Å². The number of hydrogen-bond donors (Lipinski definition) is 2. The normalized spacial score (nSPS) is 15.9. The average Bonchev–Trinajstić information content (AvgIpc) is 2.14. The van der Waals surface area contributed by atoms with Crippen LogP contribution < -0.4 is 11.1 Å². The lowest BCUT2D eigenvalue weighted by atomic mass is 10.0. The van der Waals surface area contributed by atoms with Crippen molar-refractivity contribution in [3.8, 4) is 0 Å². The molecule has 0 aliphatic carbocycles. The van der Waals surface area contributed by atoms with Crippen LogP contribution in [0.1, 0.15) is 33.6 Å². The summed E-state index contributed by atoms with van der Waals surface area (Å²) in [5.74, 6) is 0.659. The van der Waals surface area contributed by atoms with E-state index in [9.17, 15) is 0 Å². The first-order chi connectivity index (χ1) is 6.61. The van der Waals surface area contributed by atoms with Crippen molar-refractivity contribution in [2.24, 2.45) is 11.7 Å². The monoisotopic (exact) mass is 202 g/mol. The van der Waals surface area contributed by atoms with Crippen LogP contribution in [0.3, 0.4) is 0 Å². The van der Waals surface area contributed by atoms with Gasteiger partial charge in [0.15, 0.2) is 0 Å². The van der Waals surface area contributed by atoms with Gasteiger partial charge >= 0.3 is 0 Å². The first kappa shape index (κ1) is 13.9. The molecule has 14 heavy (non-hydrogen) atoms. The number of nitrogens with two attached hydrogens (primary N) is 1. The molecule has 0 rings (SSSR count). The first-order valence-electron chi connectivity index (χ1n) is 5.56. The van der Waals surface area contributed by atoms with Crippen LogP contribution in [-0.2, 0) is 4.74 Å². The van der Waals surface area contributed by atoms with Gasteiger partial charge < -0.3 is 15.8 Å². The Morgan fingerprint density at radius 2 is 1.93 bits per heavy atom. The van der Waals surface area contributed by atoms with Gasteiger partial charge in [0.05, 0.1) is 6.61 Å². The van der Waals surface area contributed by atoms with E-state index in [4.69, 9.17) is 10.5 Å². The van der Waals surface area contributed by atoms with Crippen LogP contribution in [0.5, 0.6) is 0 Å². The second-order valence-corrected chi connectivity index (χ2v) is 4.28. The van der Waals surface area contributed by atoms with Gasteiger partial charge in [-0.2, -0.15) is 0 Å². The Hall–Kier alpha value is -0.120. The zero-order valence-electron chi connectivity index (χ0n) is 10.0. The first-order valence-corrected chi connectivity index (χ1v) is 5.56. The molecule has 0 amide bonds. The van der Waals surface area contributed by atoms with Crippen LogP contribution in [-0.4, -0.2) is 32.3 Å². The minimum absolute atomic E-state index is 0.445. The van der Waals surface area contributed by atoms with E-state index in [1.165, 1.54) is 0 Å². The van der Waals surface area contributed by atoms with Crippen molar-refractivity contribution in [2.45, 2.75) is 45.7 Å². The molecular formula is C11H26N2O. The lowest BCUT2D eigenvalue weighted by molar-refractivity contribution is 0.152. The Labute approximate surface area is 88.4 Å². The van der Waals surface area contributed by atoms with Crippen molar-refractivity contribution < 1.29 is 4.74 Å². The van der Waals surface area contributed by atoms with Crippen LogP contribution in [0.4, 0.5) is 0 Å². The van der Waals surface area contributed by atoms with Gasteiger partial charge in [-0.05, 0) is 32.2 Å². The minimum atomic E-state index is 0.445. The van der Waals surface area contributed by atoms with Gasteiger partial charge in [0, 0.05) is 19.2 Å². The summed E-state index contributed by atoms with van der Waals surface area (Å²) in [6.45, 7) is 8.21. The van der Waals surface area contributed by atoms with Crippen molar-refractivity contribution in [1.29, 1.82) is 0 Å². The molecule has 0 aromatic carbocycles. The molecular weight excluding hydrogens is 176 g/mol. The van der Waals surface area contributed by atoms with E-state index in [0.29, 0.717) is 18.0 Å². The molecule has 2 atom stereocenters. The Morgan fingerprint density at radius 3 is 2.36 bits per heavy atom. The molecule has 0 radical (unpaired) electrons. The fraction of sp³-hybridized carbons (Fsp3) is 1.00. The topological polar surface area (TPSA) is 47.3 Å². The van der Waals surface area contributed by atoms with Crippen molar-refractivity contribution in [3.05, 3.63) is 0 Å². The average molecular weight is 202 g/mol. The van der Waals surface area contributed by atoms with E-state index >= 15 is 0 Å². The maximum Gasteiger partial charge on any atom is 0.0615 e. The standard InChI is InChI=1S/C11H26N2O/c1-9(2)10(3)13-11(8-14-4)6-5-7-12/h9-11,13H,5-8,12H2,1-4H3. The summed E-state index contributed by atoms with van der Waals surface area (Å²) in [5, 5.41) is 3.57. The predicted octanol–water partition coefficient (Wildman–Crippen LogP) is 1.37. The minimum Gasteiger partial charge on any atom is -0.383 e.